The Morgan fingerprint density at radius 3 is 2.54 bits per heavy atom. The molecule has 7 heteroatoms. The van der Waals surface area contributed by atoms with Gasteiger partial charge in [0.2, 0.25) is 0 Å². The molecule has 28 heavy (non-hydrogen) atoms. The van der Waals surface area contributed by atoms with E-state index in [1.54, 1.807) is 49.9 Å². The number of pyridine rings is 1. The largest absolute Gasteiger partial charge is 0.444 e. The first-order chi connectivity index (χ1) is 13.1. The third-order valence-electron chi connectivity index (χ3n) is 4.57. The summed E-state index contributed by atoms with van der Waals surface area (Å²) in [4.78, 5) is 18.2. The Bertz CT molecular complexity index is 859. The van der Waals surface area contributed by atoms with Crippen molar-refractivity contribution in [2.75, 3.05) is 6.54 Å². The van der Waals surface area contributed by atoms with Gasteiger partial charge in [0, 0.05) is 18.3 Å². The SMILES string of the molecule is CC(C)(C)OC(=O)N1CCCC1c1ccccc1-c1ncccc1C(F)(F)F. The summed E-state index contributed by atoms with van der Waals surface area (Å²) in [5.74, 6) is 0. The second kappa shape index (κ2) is 7.45. The number of amides is 1. The minimum absolute atomic E-state index is 0.123. The lowest BCUT2D eigenvalue weighted by molar-refractivity contribution is -0.137. The smallest absolute Gasteiger partial charge is 0.418 e. The fourth-order valence-corrected chi connectivity index (χ4v) is 3.48. The number of nitrogens with zero attached hydrogens (tertiary/aromatic N) is 2. The molecular weight excluding hydrogens is 369 g/mol. The molecule has 0 saturated carbocycles. The van der Waals surface area contributed by atoms with Gasteiger partial charge in [-0.05, 0) is 51.3 Å². The summed E-state index contributed by atoms with van der Waals surface area (Å²) in [5, 5.41) is 0. The second-order valence-electron chi connectivity index (χ2n) is 7.82. The Morgan fingerprint density at radius 1 is 1.14 bits per heavy atom. The number of hydrogen-bond donors (Lipinski definition) is 0. The van der Waals surface area contributed by atoms with Crippen molar-refractivity contribution in [3.63, 3.8) is 0 Å². The molecule has 4 nitrogen and oxygen atoms in total. The number of hydrogen-bond acceptors (Lipinski definition) is 3. The van der Waals surface area contributed by atoms with Gasteiger partial charge in [-0.3, -0.25) is 4.98 Å². The molecular formula is C21H23F3N2O2. The number of aromatic nitrogens is 1. The molecule has 1 fully saturated rings. The zero-order valence-corrected chi connectivity index (χ0v) is 16.1. The van der Waals surface area contributed by atoms with Gasteiger partial charge in [-0.15, -0.1) is 0 Å². The number of carbonyl (C=O) groups is 1. The van der Waals surface area contributed by atoms with Gasteiger partial charge in [-0.2, -0.15) is 13.2 Å². The molecule has 1 amide bonds. The molecule has 3 rings (SSSR count). The van der Waals surface area contributed by atoms with Crippen LogP contribution in [0.3, 0.4) is 0 Å². The van der Waals surface area contributed by atoms with E-state index in [1.165, 1.54) is 12.3 Å². The van der Waals surface area contributed by atoms with Crippen molar-refractivity contribution >= 4 is 6.09 Å². The second-order valence-corrected chi connectivity index (χ2v) is 7.82. The summed E-state index contributed by atoms with van der Waals surface area (Å²) in [6, 6.07) is 8.78. The predicted octanol–water partition coefficient (Wildman–Crippen LogP) is 5.84. The van der Waals surface area contributed by atoms with Crippen molar-refractivity contribution in [3.8, 4) is 11.3 Å². The van der Waals surface area contributed by atoms with Crippen LogP contribution in [0.25, 0.3) is 11.3 Å². The highest BCUT2D eigenvalue weighted by Gasteiger charge is 2.37. The molecule has 1 atom stereocenters. The lowest BCUT2D eigenvalue weighted by atomic mass is 9.94. The molecule has 1 aliphatic heterocycles. The maximum atomic E-state index is 13.5. The Labute approximate surface area is 162 Å². The summed E-state index contributed by atoms with van der Waals surface area (Å²) < 4.78 is 46.0. The molecule has 2 aromatic rings. The molecule has 150 valence electrons. The molecule has 0 spiro atoms. The molecule has 1 unspecified atom stereocenters. The number of carbonyl (C=O) groups excluding carboxylic acids is 1. The van der Waals surface area contributed by atoms with E-state index in [9.17, 15) is 18.0 Å². The number of rotatable bonds is 2. The first kappa shape index (κ1) is 20.2. The van der Waals surface area contributed by atoms with Crippen molar-refractivity contribution in [3.05, 3.63) is 53.7 Å². The number of halogens is 3. The normalized spacial score (nSPS) is 17.6. The van der Waals surface area contributed by atoms with Crippen LogP contribution >= 0.6 is 0 Å². The van der Waals surface area contributed by atoms with Crippen LogP contribution in [0.15, 0.2) is 42.6 Å². The molecule has 1 aliphatic rings. The highest BCUT2D eigenvalue weighted by atomic mass is 19.4. The monoisotopic (exact) mass is 392 g/mol. The van der Waals surface area contributed by atoms with E-state index in [-0.39, 0.29) is 11.7 Å². The van der Waals surface area contributed by atoms with Crippen LogP contribution in [-0.4, -0.2) is 28.1 Å². The summed E-state index contributed by atoms with van der Waals surface area (Å²) in [5.41, 5.74) is -0.523. The zero-order chi connectivity index (χ0) is 20.5. The van der Waals surface area contributed by atoms with Crippen LogP contribution in [0.5, 0.6) is 0 Å². The molecule has 0 radical (unpaired) electrons. The lowest BCUT2D eigenvalue weighted by Gasteiger charge is -2.30. The number of benzene rings is 1. The maximum absolute atomic E-state index is 13.5. The third-order valence-corrected chi connectivity index (χ3v) is 4.57. The van der Waals surface area contributed by atoms with E-state index in [2.05, 4.69) is 4.98 Å². The fourth-order valence-electron chi connectivity index (χ4n) is 3.48. The lowest BCUT2D eigenvalue weighted by Crippen LogP contribution is -2.36. The first-order valence-corrected chi connectivity index (χ1v) is 9.19. The van der Waals surface area contributed by atoms with Crippen molar-refractivity contribution in [2.45, 2.75) is 51.4 Å². The summed E-state index contributed by atoms with van der Waals surface area (Å²) >= 11 is 0. The Kier molecular flexibility index (Phi) is 5.37. The fraction of sp³-hybridized carbons (Fsp3) is 0.429. The van der Waals surface area contributed by atoms with Crippen molar-refractivity contribution in [1.82, 2.24) is 9.88 Å². The van der Waals surface area contributed by atoms with Gasteiger partial charge in [0.05, 0.1) is 17.3 Å². The zero-order valence-electron chi connectivity index (χ0n) is 16.1. The molecule has 0 N–H and O–H groups in total. The topological polar surface area (TPSA) is 42.4 Å². The maximum Gasteiger partial charge on any atom is 0.418 e. The molecule has 1 saturated heterocycles. The molecule has 0 bridgehead atoms. The predicted molar refractivity (Wildman–Crippen MR) is 99.6 cm³/mol. The van der Waals surface area contributed by atoms with Crippen molar-refractivity contribution in [1.29, 1.82) is 0 Å². The van der Waals surface area contributed by atoms with Gasteiger partial charge >= 0.3 is 12.3 Å². The van der Waals surface area contributed by atoms with E-state index in [0.717, 1.165) is 12.5 Å². The first-order valence-electron chi connectivity index (χ1n) is 9.19. The average molecular weight is 392 g/mol. The quantitative estimate of drug-likeness (QED) is 0.645. The van der Waals surface area contributed by atoms with E-state index in [4.69, 9.17) is 4.74 Å². The summed E-state index contributed by atoms with van der Waals surface area (Å²) in [6.07, 6.45) is -2.21. The highest BCUT2D eigenvalue weighted by molar-refractivity contribution is 5.72. The molecule has 1 aromatic carbocycles. The van der Waals surface area contributed by atoms with Gasteiger partial charge in [-0.25, -0.2) is 4.79 Å². The van der Waals surface area contributed by atoms with Crippen molar-refractivity contribution in [2.24, 2.45) is 0 Å². The number of likely N-dealkylation sites (tertiary alicyclic amines) is 1. The standard InChI is InChI=1S/C21H23F3N2O2/c1-20(2,3)28-19(27)26-13-7-11-17(26)14-8-4-5-9-15(14)18-16(21(22,23)24)10-6-12-25-18/h4-6,8-10,12,17H,7,11,13H2,1-3H3. The third kappa shape index (κ3) is 4.29. The molecule has 1 aromatic heterocycles. The van der Waals surface area contributed by atoms with E-state index < -0.39 is 23.4 Å². The summed E-state index contributed by atoms with van der Waals surface area (Å²) in [6.45, 7) is 5.86. The number of ether oxygens (including phenoxy) is 1. The van der Waals surface area contributed by atoms with Gasteiger partial charge < -0.3 is 9.64 Å². The minimum Gasteiger partial charge on any atom is -0.444 e. The van der Waals surface area contributed by atoms with Crippen LogP contribution in [0.2, 0.25) is 0 Å². The van der Waals surface area contributed by atoms with Crippen LogP contribution in [-0.2, 0) is 10.9 Å². The van der Waals surface area contributed by atoms with Crippen LogP contribution < -0.4 is 0 Å². The average Bonchev–Trinajstić information content (AvgIpc) is 3.09. The van der Waals surface area contributed by atoms with Gasteiger partial charge in [0.15, 0.2) is 0 Å². The van der Waals surface area contributed by atoms with Crippen LogP contribution in [0, 0.1) is 0 Å². The van der Waals surface area contributed by atoms with E-state index in [1.807, 2.05) is 0 Å². The molecule has 0 aliphatic carbocycles. The van der Waals surface area contributed by atoms with Crippen molar-refractivity contribution < 1.29 is 22.7 Å². The van der Waals surface area contributed by atoms with Crippen LogP contribution in [0.1, 0.15) is 50.8 Å². The van der Waals surface area contributed by atoms with Gasteiger partial charge in [-0.1, -0.05) is 24.3 Å². The summed E-state index contributed by atoms with van der Waals surface area (Å²) in [7, 11) is 0. The Balaban J connectivity index is 2.03. The van der Waals surface area contributed by atoms with E-state index in [0.29, 0.717) is 24.1 Å². The number of alkyl halides is 3. The Morgan fingerprint density at radius 2 is 1.86 bits per heavy atom. The van der Waals surface area contributed by atoms with Gasteiger partial charge in [0.25, 0.3) is 0 Å². The minimum atomic E-state index is -4.52. The van der Waals surface area contributed by atoms with E-state index >= 15 is 0 Å². The molecule has 2 heterocycles. The Hall–Kier alpha value is -2.57. The highest BCUT2D eigenvalue weighted by Crippen LogP contribution is 2.41. The van der Waals surface area contributed by atoms with Gasteiger partial charge in [0.1, 0.15) is 5.60 Å². The van der Waals surface area contributed by atoms with Crippen LogP contribution in [0.4, 0.5) is 18.0 Å².